The molecule has 1 aliphatic heterocycles. The normalized spacial score (nSPS) is 17.5. The molecule has 0 unspecified atom stereocenters. The van der Waals surface area contributed by atoms with E-state index in [2.05, 4.69) is 0 Å². The maximum Gasteiger partial charge on any atom is 0.415 e. The molecule has 6 heteroatoms. The quantitative estimate of drug-likeness (QED) is 0.727. The van der Waals surface area contributed by atoms with E-state index in [0.29, 0.717) is 10.0 Å². The van der Waals surface area contributed by atoms with Crippen molar-refractivity contribution in [2.45, 2.75) is 19.1 Å². The first-order chi connectivity index (χ1) is 12.0. The summed E-state index contributed by atoms with van der Waals surface area (Å²) in [7, 11) is 3.67. The Morgan fingerprint density at radius 1 is 1.20 bits per heavy atom. The number of benzene rings is 2. The van der Waals surface area contributed by atoms with Gasteiger partial charge in [0.15, 0.2) is 6.23 Å². The summed E-state index contributed by atoms with van der Waals surface area (Å²) < 4.78 is 5.64. The van der Waals surface area contributed by atoms with E-state index < -0.39 is 0 Å². The van der Waals surface area contributed by atoms with Gasteiger partial charge in [-0.3, -0.25) is 9.80 Å². The van der Waals surface area contributed by atoms with Crippen molar-refractivity contribution in [1.82, 2.24) is 4.90 Å². The van der Waals surface area contributed by atoms with Crippen LogP contribution in [0.3, 0.4) is 0 Å². The Morgan fingerprint density at radius 2 is 1.96 bits per heavy atom. The van der Waals surface area contributed by atoms with Crippen LogP contribution in [0, 0.1) is 0 Å². The number of hydrogen-bond donors (Lipinski definition) is 0. The van der Waals surface area contributed by atoms with E-state index in [4.69, 9.17) is 27.9 Å². The zero-order valence-corrected chi connectivity index (χ0v) is 15.7. The number of likely N-dealkylation sites (tertiary alicyclic amines) is 1. The van der Waals surface area contributed by atoms with Gasteiger partial charge in [0.05, 0.1) is 5.69 Å². The predicted molar refractivity (Wildman–Crippen MR) is 102 cm³/mol. The summed E-state index contributed by atoms with van der Waals surface area (Å²) in [5.41, 5.74) is 2.40. The number of halogens is 2. The van der Waals surface area contributed by atoms with Crippen LogP contribution in [0.1, 0.15) is 12.8 Å². The lowest BCUT2D eigenvalue weighted by atomic mass is 10.0. The zero-order chi connectivity index (χ0) is 18.0. The molecule has 1 atom stereocenters. The molecule has 1 heterocycles. The van der Waals surface area contributed by atoms with Gasteiger partial charge < -0.3 is 4.74 Å². The summed E-state index contributed by atoms with van der Waals surface area (Å²) in [5, 5.41) is 1.11. The van der Waals surface area contributed by atoms with Crippen molar-refractivity contribution in [3.63, 3.8) is 0 Å². The van der Waals surface area contributed by atoms with Crippen LogP contribution < -0.4 is 4.90 Å². The average molecular weight is 379 g/mol. The van der Waals surface area contributed by atoms with Crippen molar-refractivity contribution in [3.8, 4) is 11.1 Å². The first kappa shape index (κ1) is 18.1. The predicted octanol–water partition coefficient (Wildman–Crippen LogP) is 5.28. The van der Waals surface area contributed by atoms with E-state index in [0.717, 1.165) is 36.2 Å². The van der Waals surface area contributed by atoms with Crippen LogP contribution in [0.25, 0.3) is 11.1 Å². The highest BCUT2D eigenvalue weighted by Crippen LogP contribution is 2.36. The van der Waals surface area contributed by atoms with Crippen molar-refractivity contribution in [2.24, 2.45) is 0 Å². The Kier molecular flexibility index (Phi) is 5.52. The molecule has 0 spiro atoms. The van der Waals surface area contributed by atoms with Crippen molar-refractivity contribution >= 4 is 35.0 Å². The second-order valence-corrected chi connectivity index (χ2v) is 7.01. The third-order valence-electron chi connectivity index (χ3n) is 4.45. The summed E-state index contributed by atoms with van der Waals surface area (Å²) in [5.74, 6) is 0. The number of amides is 1. The molecular weight excluding hydrogens is 359 g/mol. The highest BCUT2D eigenvalue weighted by atomic mass is 35.5. The van der Waals surface area contributed by atoms with E-state index in [-0.39, 0.29) is 12.3 Å². The monoisotopic (exact) mass is 378 g/mol. The smallest absolute Gasteiger partial charge is 0.415 e. The van der Waals surface area contributed by atoms with Gasteiger partial charge in [0.1, 0.15) is 0 Å². The second kappa shape index (κ2) is 7.65. The Labute approximate surface area is 157 Å². The van der Waals surface area contributed by atoms with Crippen molar-refractivity contribution in [3.05, 3.63) is 52.5 Å². The van der Waals surface area contributed by atoms with Gasteiger partial charge in [0.25, 0.3) is 0 Å². The lowest BCUT2D eigenvalue weighted by Crippen LogP contribution is -2.36. The van der Waals surface area contributed by atoms with Crippen molar-refractivity contribution < 1.29 is 9.53 Å². The molecule has 1 fully saturated rings. The summed E-state index contributed by atoms with van der Waals surface area (Å²) in [6.07, 6.45) is 1.35. The number of carbonyl (C=O) groups excluding carboxylic acids is 1. The summed E-state index contributed by atoms with van der Waals surface area (Å²) in [6, 6.07) is 12.9. The zero-order valence-electron chi connectivity index (χ0n) is 14.2. The SMILES string of the molecule is CN(C(=O)O[C@H]1CCCN1C)c1ccccc1-c1ccc(Cl)cc1Cl. The molecule has 25 heavy (non-hydrogen) atoms. The second-order valence-electron chi connectivity index (χ2n) is 6.16. The Balaban J connectivity index is 1.88. The molecule has 0 aliphatic carbocycles. The molecule has 0 saturated carbocycles. The maximum atomic E-state index is 12.6. The summed E-state index contributed by atoms with van der Waals surface area (Å²) in [4.78, 5) is 16.2. The van der Waals surface area contributed by atoms with Crippen molar-refractivity contribution in [2.75, 3.05) is 25.5 Å². The molecule has 0 aromatic heterocycles. The van der Waals surface area contributed by atoms with E-state index in [1.165, 1.54) is 4.90 Å². The third-order valence-corrected chi connectivity index (χ3v) is 5.00. The topological polar surface area (TPSA) is 32.8 Å². The molecular formula is C19H20Cl2N2O2. The molecule has 132 valence electrons. The van der Waals surface area contributed by atoms with E-state index >= 15 is 0 Å². The Bertz CT molecular complexity index is 782. The van der Waals surface area contributed by atoms with Crippen LogP contribution in [0.2, 0.25) is 10.0 Å². The van der Waals surface area contributed by atoms with Crippen LogP contribution >= 0.6 is 23.2 Å². The molecule has 0 bridgehead atoms. The van der Waals surface area contributed by atoms with Gasteiger partial charge in [-0.25, -0.2) is 4.79 Å². The number of ether oxygens (including phenoxy) is 1. The van der Waals surface area contributed by atoms with Gasteiger partial charge in [-0.05, 0) is 38.1 Å². The number of rotatable bonds is 3. The fraction of sp³-hybridized carbons (Fsp3) is 0.316. The summed E-state index contributed by atoms with van der Waals surface area (Å²) >= 11 is 12.3. The lowest BCUT2D eigenvalue weighted by Gasteiger charge is -2.25. The highest BCUT2D eigenvalue weighted by molar-refractivity contribution is 6.36. The van der Waals surface area contributed by atoms with Crippen LogP contribution in [0.5, 0.6) is 0 Å². The number of carbonyl (C=O) groups is 1. The third kappa shape index (κ3) is 3.92. The highest BCUT2D eigenvalue weighted by Gasteiger charge is 2.27. The van der Waals surface area contributed by atoms with Gasteiger partial charge in [0, 0.05) is 34.8 Å². The molecule has 3 rings (SSSR count). The van der Waals surface area contributed by atoms with Crippen molar-refractivity contribution in [1.29, 1.82) is 0 Å². The minimum atomic E-state index is -0.378. The molecule has 2 aromatic carbocycles. The average Bonchev–Trinajstić information content (AvgIpc) is 2.99. The van der Waals surface area contributed by atoms with Crippen LogP contribution in [-0.4, -0.2) is 37.9 Å². The fourth-order valence-electron chi connectivity index (χ4n) is 3.02. The minimum Gasteiger partial charge on any atom is -0.430 e. The van der Waals surface area contributed by atoms with E-state index in [1.807, 2.05) is 42.3 Å². The van der Waals surface area contributed by atoms with Gasteiger partial charge in [-0.1, -0.05) is 47.5 Å². The number of hydrogen-bond acceptors (Lipinski definition) is 3. The fourth-order valence-corrected chi connectivity index (χ4v) is 3.53. The molecule has 1 aliphatic rings. The molecule has 0 N–H and O–H groups in total. The summed E-state index contributed by atoms with van der Waals surface area (Å²) in [6.45, 7) is 0.943. The maximum absolute atomic E-state index is 12.6. The van der Waals surface area contributed by atoms with Crippen LogP contribution in [0.15, 0.2) is 42.5 Å². The van der Waals surface area contributed by atoms with Gasteiger partial charge >= 0.3 is 6.09 Å². The number of anilines is 1. The standard InChI is InChI=1S/C19H20Cl2N2O2/c1-22-11-5-8-18(22)25-19(24)23(2)17-7-4-3-6-15(17)14-10-9-13(20)12-16(14)21/h3-4,6-7,9-10,12,18H,5,8,11H2,1-2H3/t18-/m0/s1. The lowest BCUT2D eigenvalue weighted by molar-refractivity contribution is 0.0315. The van der Waals surface area contributed by atoms with Gasteiger partial charge in [-0.2, -0.15) is 0 Å². The minimum absolute atomic E-state index is 0.166. The van der Waals surface area contributed by atoms with Crippen LogP contribution in [-0.2, 0) is 4.74 Å². The first-order valence-corrected chi connectivity index (χ1v) is 8.92. The molecule has 2 aromatic rings. The largest absolute Gasteiger partial charge is 0.430 e. The van der Waals surface area contributed by atoms with Gasteiger partial charge in [0.2, 0.25) is 0 Å². The van der Waals surface area contributed by atoms with E-state index in [1.54, 1.807) is 19.2 Å². The number of para-hydroxylation sites is 1. The van der Waals surface area contributed by atoms with E-state index in [9.17, 15) is 4.79 Å². The Morgan fingerprint density at radius 3 is 2.64 bits per heavy atom. The molecule has 4 nitrogen and oxygen atoms in total. The first-order valence-electron chi connectivity index (χ1n) is 8.16. The number of nitrogens with zero attached hydrogens (tertiary/aromatic N) is 2. The van der Waals surface area contributed by atoms with Crippen LogP contribution in [0.4, 0.5) is 10.5 Å². The molecule has 0 radical (unpaired) electrons. The van der Waals surface area contributed by atoms with Gasteiger partial charge in [-0.15, -0.1) is 0 Å². The Hall–Kier alpha value is -1.75. The molecule has 1 amide bonds. The molecule has 1 saturated heterocycles.